The van der Waals surface area contributed by atoms with E-state index in [2.05, 4.69) is 27.2 Å². The van der Waals surface area contributed by atoms with Crippen molar-refractivity contribution in [3.8, 4) is 28.9 Å². The highest BCUT2D eigenvalue weighted by atomic mass is 35.5. The number of rotatable bonds is 5. The number of hydrogen-bond donors (Lipinski definition) is 2. The summed E-state index contributed by atoms with van der Waals surface area (Å²) in [6.45, 7) is 2.24. The Labute approximate surface area is 222 Å². The van der Waals surface area contributed by atoms with Crippen LogP contribution in [0, 0.1) is 30.5 Å². The number of nitrogens with zero attached hydrogens (tertiary/aromatic N) is 2. The Balaban J connectivity index is 1.39. The van der Waals surface area contributed by atoms with Crippen LogP contribution in [0.2, 0.25) is 10.0 Å². The van der Waals surface area contributed by atoms with Crippen LogP contribution < -0.4 is 11.0 Å². The van der Waals surface area contributed by atoms with Crippen molar-refractivity contribution in [2.75, 3.05) is 0 Å². The summed E-state index contributed by atoms with van der Waals surface area (Å²) in [6, 6.07) is 15.0. The van der Waals surface area contributed by atoms with Gasteiger partial charge < -0.3 is 5.32 Å². The second kappa shape index (κ2) is 10.3. The minimum Gasteiger partial charge on any atom is -0.352 e. The summed E-state index contributed by atoms with van der Waals surface area (Å²) < 4.78 is 16.1. The Morgan fingerprint density at radius 2 is 1.92 bits per heavy atom. The lowest BCUT2D eigenvalue weighted by molar-refractivity contribution is -0.122. The van der Waals surface area contributed by atoms with Crippen LogP contribution in [0.3, 0.4) is 0 Å². The maximum atomic E-state index is 15.0. The first-order valence-electron chi connectivity index (χ1n) is 11.6. The van der Waals surface area contributed by atoms with Gasteiger partial charge in [-0.1, -0.05) is 47.2 Å². The number of amides is 1. The number of aromatic nitrogens is 3. The minimum atomic E-state index is -0.592. The van der Waals surface area contributed by atoms with Crippen molar-refractivity contribution in [2.24, 2.45) is 5.92 Å². The van der Waals surface area contributed by atoms with Gasteiger partial charge in [-0.2, -0.15) is 4.68 Å². The Morgan fingerprint density at radius 3 is 2.65 bits per heavy atom. The zero-order valence-corrected chi connectivity index (χ0v) is 21.3. The molecule has 4 aromatic rings. The van der Waals surface area contributed by atoms with E-state index >= 15 is 0 Å². The van der Waals surface area contributed by atoms with Gasteiger partial charge in [-0.3, -0.25) is 9.78 Å². The summed E-state index contributed by atoms with van der Waals surface area (Å²) in [5.74, 6) is 5.42. The van der Waals surface area contributed by atoms with Gasteiger partial charge in [0.15, 0.2) is 5.82 Å². The highest BCUT2D eigenvalue weighted by Crippen LogP contribution is 2.29. The van der Waals surface area contributed by atoms with Crippen LogP contribution in [-0.2, 0) is 11.3 Å². The Bertz CT molecular complexity index is 1640. The number of carbonyl (C=O) groups is 1. The molecule has 1 fully saturated rings. The molecule has 6 nitrogen and oxygen atoms in total. The SMILES string of the molecule is Cc1ccc(C#Cc2ccc(-c3nn(-c4cc(CNC(=O)C5CC5)ccc4Cl)c(=O)[nH]3)c(F)c2)c(Cl)c1. The van der Waals surface area contributed by atoms with Crippen molar-refractivity contribution in [1.29, 1.82) is 0 Å². The molecule has 37 heavy (non-hydrogen) atoms. The van der Waals surface area contributed by atoms with Crippen LogP contribution in [0.15, 0.2) is 59.4 Å². The molecular weight excluding hydrogens is 514 g/mol. The highest BCUT2D eigenvalue weighted by molar-refractivity contribution is 6.32. The number of nitrogens with one attached hydrogen (secondary N) is 2. The number of benzene rings is 3. The predicted octanol–water partition coefficient (Wildman–Crippen LogP) is 5.41. The summed E-state index contributed by atoms with van der Waals surface area (Å²) >= 11 is 12.6. The molecule has 5 rings (SSSR count). The second-order valence-corrected chi connectivity index (χ2v) is 9.71. The molecule has 9 heteroatoms. The summed E-state index contributed by atoms with van der Waals surface area (Å²) in [5.41, 5.74) is 2.73. The van der Waals surface area contributed by atoms with E-state index in [9.17, 15) is 14.0 Å². The van der Waals surface area contributed by atoms with Crippen molar-refractivity contribution in [3.63, 3.8) is 0 Å². The van der Waals surface area contributed by atoms with Crippen molar-refractivity contribution < 1.29 is 9.18 Å². The third-order valence-electron chi connectivity index (χ3n) is 5.96. The molecule has 1 aliphatic rings. The van der Waals surface area contributed by atoms with E-state index in [0.29, 0.717) is 33.4 Å². The largest absolute Gasteiger partial charge is 0.352 e. The molecule has 0 radical (unpaired) electrons. The van der Waals surface area contributed by atoms with Crippen LogP contribution >= 0.6 is 23.2 Å². The van der Waals surface area contributed by atoms with Gasteiger partial charge in [0.25, 0.3) is 0 Å². The molecule has 0 spiro atoms. The van der Waals surface area contributed by atoms with Crippen LogP contribution in [0.25, 0.3) is 17.1 Å². The van der Waals surface area contributed by atoms with Crippen LogP contribution in [-0.4, -0.2) is 20.7 Å². The van der Waals surface area contributed by atoms with Crippen LogP contribution in [0.4, 0.5) is 4.39 Å². The average Bonchev–Trinajstić information content (AvgIpc) is 3.65. The fourth-order valence-electron chi connectivity index (χ4n) is 3.76. The Kier molecular flexibility index (Phi) is 6.88. The fourth-order valence-corrected chi connectivity index (χ4v) is 4.24. The number of aryl methyl sites for hydroxylation is 1. The molecule has 186 valence electrons. The second-order valence-electron chi connectivity index (χ2n) is 8.90. The molecular formula is C28H21Cl2FN4O2. The van der Waals surface area contributed by atoms with E-state index in [1.165, 1.54) is 12.1 Å². The molecule has 3 aromatic carbocycles. The molecule has 1 heterocycles. The van der Waals surface area contributed by atoms with Crippen molar-refractivity contribution in [3.05, 3.63) is 103 Å². The maximum Gasteiger partial charge on any atom is 0.348 e. The molecule has 1 saturated carbocycles. The van der Waals surface area contributed by atoms with Crippen LogP contribution in [0.1, 0.15) is 35.1 Å². The van der Waals surface area contributed by atoms with E-state index < -0.39 is 11.5 Å². The third kappa shape index (κ3) is 5.61. The number of carbonyl (C=O) groups excluding carboxylic acids is 1. The molecule has 0 atom stereocenters. The molecule has 1 amide bonds. The molecule has 2 N–H and O–H groups in total. The lowest BCUT2D eigenvalue weighted by Crippen LogP contribution is -2.24. The summed E-state index contributed by atoms with van der Waals surface area (Å²) in [7, 11) is 0. The fraction of sp³-hybridized carbons (Fsp3) is 0.179. The normalized spacial score (nSPS) is 12.6. The Hall–Kier alpha value is -3.86. The molecule has 0 saturated heterocycles. The number of halogens is 3. The minimum absolute atomic E-state index is 0.0151. The van der Waals surface area contributed by atoms with Gasteiger partial charge in [-0.15, -0.1) is 5.10 Å². The topological polar surface area (TPSA) is 79.8 Å². The maximum absolute atomic E-state index is 15.0. The van der Waals surface area contributed by atoms with Gasteiger partial charge in [0.05, 0.1) is 21.3 Å². The highest BCUT2D eigenvalue weighted by Gasteiger charge is 2.29. The number of H-pyrrole nitrogens is 1. The van der Waals surface area contributed by atoms with Crippen molar-refractivity contribution in [1.82, 2.24) is 20.1 Å². The number of hydrogen-bond acceptors (Lipinski definition) is 3. The number of aromatic amines is 1. The zero-order chi connectivity index (χ0) is 26.1. The van der Waals surface area contributed by atoms with Gasteiger partial charge in [0.1, 0.15) is 5.82 Å². The summed E-state index contributed by atoms with van der Waals surface area (Å²) in [5, 5.41) is 7.97. The van der Waals surface area contributed by atoms with Crippen LogP contribution in [0.5, 0.6) is 0 Å². The summed E-state index contributed by atoms with van der Waals surface area (Å²) in [6.07, 6.45) is 1.82. The van der Waals surface area contributed by atoms with E-state index in [4.69, 9.17) is 23.2 Å². The van der Waals surface area contributed by atoms with Gasteiger partial charge in [0.2, 0.25) is 5.91 Å². The van der Waals surface area contributed by atoms with Crippen molar-refractivity contribution in [2.45, 2.75) is 26.3 Å². The van der Waals surface area contributed by atoms with E-state index in [1.54, 1.807) is 24.3 Å². The lowest BCUT2D eigenvalue weighted by atomic mass is 10.1. The van der Waals surface area contributed by atoms with Gasteiger partial charge in [-0.25, -0.2) is 9.18 Å². The standard InChI is InChI=1S/C28H21Cl2FN4O2/c1-16-2-6-19(23(30)12-16)7-3-17-4-10-21(24(31)13-17)26-33-28(37)35(34-26)25-14-18(5-11-22(25)29)15-32-27(36)20-8-9-20/h2,4-6,10-14,20H,8-9,15H2,1H3,(H,32,36)(H,33,34,37). The zero-order valence-electron chi connectivity index (χ0n) is 19.7. The molecule has 1 aliphatic carbocycles. The monoisotopic (exact) mass is 534 g/mol. The van der Waals surface area contributed by atoms with E-state index in [1.807, 2.05) is 25.1 Å². The van der Waals surface area contributed by atoms with E-state index in [-0.39, 0.29) is 23.2 Å². The van der Waals surface area contributed by atoms with Gasteiger partial charge in [0, 0.05) is 23.6 Å². The first-order chi connectivity index (χ1) is 17.8. The lowest BCUT2D eigenvalue weighted by Gasteiger charge is -2.08. The first-order valence-corrected chi connectivity index (χ1v) is 12.4. The molecule has 0 aliphatic heterocycles. The summed E-state index contributed by atoms with van der Waals surface area (Å²) in [4.78, 5) is 27.2. The molecule has 1 aromatic heterocycles. The predicted molar refractivity (Wildman–Crippen MR) is 141 cm³/mol. The third-order valence-corrected chi connectivity index (χ3v) is 6.59. The average molecular weight is 535 g/mol. The van der Waals surface area contributed by atoms with Gasteiger partial charge >= 0.3 is 5.69 Å². The smallest absolute Gasteiger partial charge is 0.348 e. The van der Waals surface area contributed by atoms with Crippen molar-refractivity contribution >= 4 is 29.1 Å². The Morgan fingerprint density at radius 1 is 1.11 bits per heavy atom. The van der Waals surface area contributed by atoms with Gasteiger partial charge in [-0.05, 0) is 73.4 Å². The first kappa shape index (κ1) is 24.8. The quantitative estimate of drug-likeness (QED) is 0.336. The molecule has 0 bridgehead atoms. The van der Waals surface area contributed by atoms with E-state index in [0.717, 1.165) is 28.7 Å². The molecule has 0 unspecified atom stereocenters.